The third kappa shape index (κ3) is 3.06. The summed E-state index contributed by atoms with van der Waals surface area (Å²) in [5.41, 5.74) is 1.01. The van der Waals surface area contributed by atoms with E-state index >= 15 is 0 Å². The Morgan fingerprint density at radius 2 is 1.65 bits per heavy atom. The largest absolute Gasteiger partial charge is 0.387 e. The lowest BCUT2D eigenvalue weighted by Gasteiger charge is -2.38. The van der Waals surface area contributed by atoms with E-state index in [1.165, 1.54) is 0 Å². The number of benzene rings is 1. The van der Waals surface area contributed by atoms with Gasteiger partial charge in [0.25, 0.3) is 0 Å². The van der Waals surface area contributed by atoms with Crippen LogP contribution in [-0.4, -0.2) is 54.2 Å². The molecule has 3 nitrogen and oxygen atoms in total. The van der Waals surface area contributed by atoms with Gasteiger partial charge in [-0.3, -0.25) is 4.90 Å². The summed E-state index contributed by atoms with van der Waals surface area (Å²) in [6.45, 7) is 6.38. The molecular formula is C14H22N2O. The molecule has 17 heavy (non-hydrogen) atoms. The van der Waals surface area contributed by atoms with Gasteiger partial charge in [-0.15, -0.1) is 0 Å². The van der Waals surface area contributed by atoms with E-state index in [1.54, 1.807) is 0 Å². The first kappa shape index (κ1) is 12.6. The van der Waals surface area contributed by atoms with E-state index in [0.717, 1.165) is 31.7 Å². The quantitative estimate of drug-likeness (QED) is 0.855. The zero-order chi connectivity index (χ0) is 12.3. The maximum absolute atomic E-state index is 10.4. The highest BCUT2D eigenvalue weighted by Gasteiger charge is 2.25. The van der Waals surface area contributed by atoms with Crippen molar-refractivity contribution in [1.29, 1.82) is 0 Å². The number of aliphatic hydroxyl groups excluding tert-OH is 1. The Morgan fingerprint density at radius 1 is 1.06 bits per heavy atom. The molecule has 1 fully saturated rings. The first-order valence-corrected chi connectivity index (χ1v) is 6.34. The third-order valence-corrected chi connectivity index (χ3v) is 3.71. The van der Waals surface area contributed by atoms with Crippen LogP contribution >= 0.6 is 0 Å². The van der Waals surface area contributed by atoms with E-state index in [4.69, 9.17) is 0 Å². The highest BCUT2D eigenvalue weighted by molar-refractivity contribution is 5.18. The van der Waals surface area contributed by atoms with Gasteiger partial charge in [-0.25, -0.2) is 0 Å². The average molecular weight is 234 g/mol. The molecular weight excluding hydrogens is 212 g/mol. The first-order valence-electron chi connectivity index (χ1n) is 6.34. The van der Waals surface area contributed by atoms with E-state index < -0.39 is 0 Å². The summed E-state index contributed by atoms with van der Waals surface area (Å²) in [4.78, 5) is 4.70. The Balaban J connectivity index is 1.98. The van der Waals surface area contributed by atoms with Crippen LogP contribution in [0.3, 0.4) is 0 Å². The fourth-order valence-corrected chi connectivity index (χ4v) is 2.36. The van der Waals surface area contributed by atoms with Gasteiger partial charge in [-0.2, -0.15) is 0 Å². The molecule has 1 N–H and O–H groups in total. The van der Waals surface area contributed by atoms with E-state index in [-0.39, 0.29) is 12.1 Å². The molecule has 3 heteroatoms. The van der Waals surface area contributed by atoms with Gasteiger partial charge in [0.05, 0.1) is 6.10 Å². The van der Waals surface area contributed by atoms with E-state index in [2.05, 4.69) is 23.8 Å². The van der Waals surface area contributed by atoms with Crippen LogP contribution in [0.5, 0.6) is 0 Å². The lowest BCUT2D eigenvalue weighted by atomic mass is 10.0. The minimum atomic E-state index is -0.389. The topological polar surface area (TPSA) is 26.7 Å². The van der Waals surface area contributed by atoms with Crippen LogP contribution < -0.4 is 0 Å². The fourth-order valence-electron chi connectivity index (χ4n) is 2.36. The van der Waals surface area contributed by atoms with Crippen molar-refractivity contribution in [3.8, 4) is 0 Å². The van der Waals surface area contributed by atoms with Gasteiger partial charge in [-0.05, 0) is 19.5 Å². The average Bonchev–Trinajstić information content (AvgIpc) is 2.39. The standard InChI is InChI=1S/C14H22N2O/c1-12(16-10-8-15(2)9-11-16)14(17)13-6-4-3-5-7-13/h3-7,12,14,17H,8-11H2,1-2H3/t12-,14+/m0/s1. The van der Waals surface area contributed by atoms with Crippen molar-refractivity contribution in [3.63, 3.8) is 0 Å². The summed E-state index contributed by atoms with van der Waals surface area (Å²) >= 11 is 0. The highest BCUT2D eigenvalue weighted by Crippen LogP contribution is 2.21. The number of aliphatic hydroxyl groups is 1. The number of likely N-dealkylation sites (N-methyl/N-ethyl adjacent to an activating group) is 1. The lowest BCUT2D eigenvalue weighted by molar-refractivity contribution is 0.0315. The summed E-state index contributed by atoms with van der Waals surface area (Å²) in [6, 6.07) is 10.1. The molecule has 2 atom stereocenters. The van der Waals surface area contributed by atoms with Crippen molar-refractivity contribution >= 4 is 0 Å². The Kier molecular flexibility index (Phi) is 4.15. The molecule has 0 aromatic heterocycles. The molecule has 1 saturated heterocycles. The van der Waals surface area contributed by atoms with Crippen LogP contribution in [0.1, 0.15) is 18.6 Å². The molecule has 1 aromatic carbocycles. The van der Waals surface area contributed by atoms with Crippen LogP contribution in [0, 0.1) is 0 Å². The smallest absolute Gasteiger partial charge is 0.0942 e. The molecule has 0 radical (unpaired) electrons. The third-order valence-electron chi connectivity index (χ3n) is 3.71. The predicted octanol–water partition coefficient (Wildman–Crippen LogP) is 1.36. The van der Waals surface area contributed by atoms with Gasteiger partial charge in [-0.1, -0.05) is 30.3 Å². The molecule has 0 spiro atoms. The van der Waals surface area contributed by atoms with E-state index in [0.29, 0.717) is 0 Å². The lowest BCUT2D eigenvalue weighted by Crippen LogP contribution is -2.49. The van der Waals surface area contributed by atoms with Crippen LogP contribution in [0.15, 0.2) is 30.3 Å². The molecule has 1 aromatic rings. The Morgan fingerprint density at radius 3 is 2.24 bits per heavy atom. The zero-order valence-electron chi connectivity index (χ0n) is 10.7. The summed E-state index contributed by atoms with van der Waals surface area (Å²) in [5.74, 6) is 0. The second kappa shape index (κ2) is 5.63. The molecule has 1 heterocycles. The summed E-state index contributed by atoms with van der Waals surface area (Å²) in [7, 11) is 2.15. The first-order chi connectivity index (χ1) is 8.18. The summed E-state index contributed by atoms with van der Waals surface area (Å²) < 4.78 is 0. The molecule has 2 rings (SSSR count). The van der Waals surface area contributed by atoms with Gasteiger partial charge in [0.2, 0.25) is 0 Å². The molecule has 0 aliphatic carbocycles. The van der Waals surface area contributed by atoms with E-state index in [1.807, 2.05) is 30.3 Å². The molecule has 0 amide bonds. The molecule has 1 aliphatic heterocycles. The number of hydrogen-bond acceptors (Lipinski definition) is 3. The molecule has 0 bridgehead atoms. The minimum absolute atomic E-state index is 0.186. The fraction of sp³-hybridized carbons (Fsp3) is 0.571. The van der Waals surface area contributed by atoms with Crippen molar-refractivity contribution in [2.24, 2.45) is 0 Å². The van der Waals surface area contributed by atoms with Crippen molar-refractivity contribution in [2.75, 3.05) is 33.2 Å². The second-order valence-corrected chi connectivity index (χ2v) is 4.94. The van der Waals surface area contributed by atoms with Crippen molar-refractivity contribution in [1.82, 2.24) is 9.80 Å². The van der Waals surface area contributed by atoms with Gasteiger partial charge < -0.3 is 10.0 Å². The maximum Gasteiger partial charge on any atom is 0.0942 e. The zero-order valence-corrected chi connectivity index (χ0v) is 10.7. The molecule has 0 saturated carbocycles. The predicted molar refractivity (Wildman–Crippen MR) is 69.9 cm³/mol. The van der Waals surface area contributed by atoms with Crippen LogP contribution in [-0.2, 0) is 0 Å². The Labute approximate surface area is 104 Å². The molecule has 0 unspecified atom stereocenters. The van der Waals surface area contributed by atoms with Crippen molar-refractivity contribution < 1.29 is 5.11 Å². The monoisotopic (exact) mass is 234 g/mol. The Bertz CT molecular complexity index is 333. The van der Waals surface area contributed by atoms with Gasteiger partial charge in [0, 0.05) is 32.2 Å². The van der Waals surface area contributed by atoms with Crippen LogP contribution in [0.4, 0.5) is 0 Å². The van der Waals surface area contributed by atoms with Gasteiger partial charge in [0.15, 0.2) is 0 Å². The van der Waals surface area contributed by atoms with E-state index in [9.17, 15) is 5.11 Å². The minimum Gasteiger partial charge on any atom is -0.387 e. The van der Waals surface area contributed by atoms with Crippen LogP contribution in [0.25, 0.3) is 0 Å². The van der Waals surface area contributed by atoms with Crippen molar-refractivity contribution in [3.05, 3.63) is 35.9 Å². The van der Waals surface area contributed by atoms with Gasteiger partial charge >= 0.3 is 0 Å². The van der Waals surface area contributed by atoms with Crippen LogP contribution in [0.2, 0.25) is 0 Å². The second-order valence-electron chi connectivity index (χ2n) is 4.94. The molecule has 1 aliphatic rings. The van der Waals surface area contributed by atoms with Gasteiger partial charge in [0.1, 0.15) is 0 Å². The highest BCUT2D eigenvalue weighted by atomic mass is 16.3. The number of nitrogens with zero attached hydrogens (tertiary/aromatic N) is 2. The number of piperazine rings is 1. The SMILES string of the molecule is C[C@@H]([C@@H](O)c1ccccc1)N1CCN(C)CC1. The number of hydrogen-bond donors (Lipinski definition) is 1. The Hall–Kier alpha value is -0.900. The van der Waals surface area contributed by atoms with Crippen molar-refractivity contribution in [2.45, 2.75) is 19.1 Å². The normalized spacial score (nSPS) is 22.3. The summed E-state index contributed by atoms with van der Waals surface area (Å²) in [6.07, 6.45) is -0.389. The molecule has 94 valence electrons. The summed E-state index contributed by atoms with van der Waals surface area (Å²) in [5, 5.41) is 10.4. The number of rotatable bonds is 3. The maximum atomic E-state index is 10.4.